The third-order valence-electron chi connectivity index (χ3n) is 4.74. The van der Waals surface area contributed by atoms with E-state index in [0.29, 0.717) is 6.54 Å². The first kappa shape index (κ1) is 19.2. The number of amides is 1. The van der Waals surface area contributed by atoms with Crippen molar-refractivity contribution >= 4 is 22.5 Å². The lowest BCUT2D eigenvalue weighted by atomic mass is 10.0. The van der Waals surface area contributed by atoms with Gasteiger partial charge in [0, 0.05) is 35.5 Å². The highest BCUT2D eigenvalue weighted by atomic mass is 16.1. The van der Waals surface area contributed by atoms with Gasteiger partial charge in [0.05, 0.1) is 0 Å². The molecule has 1 heterocycles. The number of aryl methyl sites for hydroxylation is 3. The van der Waals surface area contributed by atoms with Crippen LogP contribution in [0, 0.1) is 32.1 Å². The summed E-state index contributed by atoms with van der Waals surface area (Å²) in [4.78, 5) is 15.7. The second kappa shape index (κ2) is 8.45. The number of nitrogens with one attached hydrogen (secondary N) is 3. The Morgan fingerprint density at radius 3 is 2.61 bits per heavy atom. The second-order valence-corrected chi connectivity index (χ2v) is 6.96. The van der Waals surface area contributed by atoms with Crippen LogP contribution in [0.3, 0.4) is 0 Å². The van der Waals surface area contributed by atoms with Crippen molar-refractivity contribution in [1.82, 2.24) is 10.3 Å². The average molecular weight is 372 g/mol. The number of nitrogens with zero attached hydrogens (tertiary/aromatic N) is 1. The van der Waals surface area contributed by atoms with Gasteiger partial charge in [-0.2, -0.15) is 5.26 Å². The molecule has 0 bridgehead atoms. The Kier molecular flexibility index (Phi) is 5.81. The average Bonchev–Trinajstić information content (AvgIpc) is 3.08. The highest BCUT2D eigenvalue weighted by molar-refractivity contribution is 6.07. The summed E-state index contributed by atoms with van der Waals surface area (Å²) < 4.78 is 0. The van der Waals surface area contributed by atoms with E-state index in [4.69, 9.17) is 0 Å². The number of hydrogen-bond donors (Lipinski definition) is 3. The smallest absolute Gasteiger partial charge is 0.267 e. The topological polar surface area (TPSA) is 80.7 Å². The van der Waals surface area contributed by atoms with Gasteiger partial charge >= 0.3 is 0 Å². The summed E-state index contributed by atoms with van der Waals surface area (Å²) in [5.74, 6) is -0.405. The van der Waals surface area contributed by atoms with Gasteiger partial charge in [-0.25, -0.2) is 0 Å². The lowest BCUT2D eigenvalue weighted by Crippen LogP contribution is -2.19. The van der Waals surface area contributed by atoms with E-state index in [1.165, 1.54) is 17.1 Å². The maximum absolute atomic E-state index is 12.5. The van der Waals surface area contributed by atoms with Crippen LogP contribution in [0.1, 0.15) is 22.3 Å². The fraction of sp³-hybridized carbons (Fsp3) is 0.217. The summed E-state index contributed by atoms with van der Waals surface area (Å²) in [6, 6.07) is 14.1. The fourth-order valence-electron chi connectivity index (χ4n) is 3.43. The summed E-state index contributed by atoms with van der Waals surface area (Å²) in [5, 5.41) is 16.5. The fourth-order valence-corrected chi connectivity index (χ4v) is 3.43. The molecule has 0 spiro atoms. The van der Waals surface area contributed by atoms with Crippen molar-refractivity contribution in [2.75, 3.05) is 11.9 Å². The minimum Gasteiger partial charge on any atom is -0.389 e. The van der Waals surface area contributed by atoms with E-state index in [1.807, 2.05) is 63.4 Å². The van der Waals surface area contributed by atoms with E-state index in [1.54, 1.807) is 0 Å². The van der Waals surface area contributed by atoms with Gasteiger partial charge in [0.2, 0.25) is 0 Å². The Hall–Kier alpha value is -3.52. The van der Waals surface area contributed by atoms with Crippen molar-refractivity contribution < 1.29 is 4.79 Å². The molecule has 142 valence electrons. The molecule has 1 aromatic heterocycles. The first-order valence-electron chi connectivity index (χ1n) is 9.27. The van der Waals surface area contributed by atoms with Crippen molar-refractivity contribution in [3.8, 4) is 6.07 Å². The van der Waals surface area contributed by atoms with E-state index in [2.05, 4.69) is 21.7 Å². The number of para-hydroxylation sites is 1. The largest absolute Gasteiger partial charge is 0.389 e. The van der Waals surface area contributed by atoms with Crippen LogP contribution < -0.4 is 10.6 Å². The number of H-pyrrole nitrogens is 1. The summed E-state index contributed by atoms with van der Waals surface area (Å²) in [7, 11) is 0. The predicted molar refractivity (Wildman–Crippen MR) is 113 cm³/mol. The van der Waals surface area contributed by atoms with E-state index in [0.717, 1.165) is 34.3 Å². The lowest BCUT2D eigenvalue weighted by Gasteiger charge is -2.12. The predicted octanol–water partition coefficient (Wildman–Crippen LogP) is 4.27. The molecule has 0 fully saturated rings. The summed E-state index contributed by atoms with van der Waals surface area (Å²) in [6.07, 6.45) is 4.27. The van der Waals surface area contributed by atoms with Crippen molar-refractivity contribution in [1.29, 1.82) is 5.26 Å². The first-order chi connectivity index (χ1) is 13.5. The van der Waals surface area contributed by atoms with Gasteiger partial charge in [0.25, 0.3) is 5.91 Å². The zero-order valence-electron chi connectivity index (χ0n) is 16.4. The number of aromatic nitrogens is 1. The molecule has 0 aliphatic heterocycles. The number of hydrogen-bond acceptors (Lipinski definition) is 3. The van der Waals surface area contributed by atoms with Gasteiger partial charge in [-0.3, -0.25) is 4.79 Å². The number of aromatic amines is 1. The van der Waals surface area contributed by atoms with Crippen molar-refractivity contribution in [2.45, 2.75) is 27.2 Å². The molecule has 3 aromatic rings. The first-order valence-corrected chi connectivity index (χ1v) is 9.27. The Labute approximate surface area is 165 Å². The molecule has 3 rings (SSSR count). The number of fused-ring (bicyclic) bond motifs is 1. The molecular weight excluding hydrogens is 348 g/mol. The van der Waals surface area contributed by atoms with Crippen molar-refractivity contribution in [3.05, 3.63) is 76.6 Å². The number of benzene rings is 2. The van der Waals surface area contributed by atoms with Gasteiger partial charge in [-0.1, -0.05) is 35.9 Å². The third kappa shape index (κ3) is 4.24. The highest BCUT2D eigenvalue weighted by Crippen LogP contribution is 2.22. The molecule has 0 saturated carbocycles. The van der Waals surface area contributed by atoms with Gasteiger partial charge in [-0.05, 0) is 49.9 Å². The molecule has 28 heavy (non-hydrogen) atoms. The molecule has 1 amide bonds. The number of carbonyl (C=O) groups is 1. The van der Waals surface area contributed by atoms with E-state index in [-0.39, 0.29) is 5.57 Å². The molecule has 0 unspecified atom stereocenters. The van der Waals surface area contributed by atoms with Gasteiger partial charge in [0.1, 0.15) is 11.6 Å². The van der Waals surface area contributed by atoms with Crippen molar-refractivity contribution in [3.63, 3.8) is 0 Å². The molecule has 0 aliphatic rings. The quantitative estimate of drug-likeness (QED) is 0.343. The SMILES string of the molecule is Cc1cc(C)c(NC(=O)/C(C#N)=C\NCCc2c[nH]c3ccccc23)c(C)c1. The van der Waals surface area contributed by atoms with Crippen molar-refractivity contribution in [2.24, 2.45) is 0 Å². The van der Waals surface area contributed by atoms with Crippen LogP contribution in [0.15, 0.2) is 54.4 Å². The molecule has 5 nitrogen and oxygen atoms in total. The third-order valence-corrected chi connectivity index (χ3v) is 4.74. The van der Waals surface area contributed by atoms with Gasteiger partial charge in [0.15, 0.2) is 0 Å². The van der Waals surface area contributed by atoms with Crippen LogP contribution in [-0.4, -0.2) is 17.4 Å². The molecule has 3 N–H and O–H groups in total. The zero-order valence-corrected chi connectivity index (χ0v) is 16.4. The maximum Gasteiger partial charge on any atom is 0.267 e. The van der Waals surface area contributed by atoms with Crippen LogP contribution in [0.5, 0.6) is 0 Å². The van der Waals surface area contributed by atoms with Gasteiger partial charge < -0.3 is 15.6 Å². The normalized spacial score (nSPS) is 11.3. The molecule has 0 aliphatic carbocycles. The Bertz CT molecular complexity index is 1060. The standard InChI is InChI=1S/C23H24N4O/c1-15-10-16(2)22(17(3)11-15)27-23(28)19(12-24)13-25-9-8-18-14-26-21-7-5-4-6-20(18)21/h4-7,10-11,13-14,25-26H,8-9H2,1-3H3,(H,27,28)/b19-13-. The zero-order chi connectivity index (χ0) is 20.1. The van der Waals surface area contributed by atoms with E-state index in [9.17, 15) is 10.1 Å². The number of nitriles is 1. The summed E-state index contributed by atoms with van der Waals surface area (Å²) in [5.41, 5.74) is 6.22. The Balaban J connectivity index is 1.62. The highest BCUT2D eigenvalue weighted by Gasteiger charge is 2.12. The monoisotopic (exact) mass is 372 g/mol. The van der Waals surface area contributed by atoms with E-state index < -0.39 is 5.91 Å². The molecule has 0 radical (unpaired) electrons. The molecular formula is C23H24N4O. The van der Waals surface area contributed by atoms with Crippen LogP contribution in [0.2, 0.25) is 0 Å². The second-order valence-electron chi connectivity index (χ2n) is 6.96. The summed E-state index contributed by atoms with van der Waals surface area (Å²) in [6.45, 7) is 6.54. The van der Waals surface area contributed by atoms with Crippen LogP contribution in [-0.2, 0) is 11.2 Å². The molecule has 2 aromatic carbocycles. The van der Waals surface area contributed by atoms with Crippen LogP contribution in [0.4, 0.5) is 5.69 Å². The van der Waals surface area contributed by atoms with Gasteiger partial charge in [-0.15, -0.1) is 0 Å². The minimum atomic E-state index is -0.405. The number of anilines is 1. The van der Waals surface area contributed by atoms with Crippen LogP contribution >= 0.6 is 0 Å². The summed E-state index contributed by atoms with van der Waals surface area (Å²) >= 11 is 0. The lowest BCUT2D eigenvalue weighted by molar-refractivity contribution is -0.112. The van der Waals surface area contributed by atoms with Crippen LogP contribution in [0.25, 0.3) is 10.9 Å². The molecule has 0 atom stereocenters. The molecule has 0 saturated heterocycles. The van der Waals surface area contributed by atoms with E-state index >= 15 is 0 Å². The number of carbonyl (C=O) groups excluding carboxylic acids is 1. The Morgan fingerprint density at radius 1 is 1.18 bits per heavy atom. The maximum atomic E-state index is 12.5. The minimum absolute atomic E-state index is 0.0540. The Morgan fingerprint density at radius 2 is 1.89 bits per heavy atom. The molecule has 5 heteroatoms. The number of rotatable bonds is 6.